The number of benzene rings is 1. The van der Waals surface area contributed by atoms with E-state index >= 15 is 0 Å². The van der Waals surface area contributed by atoms with Crippen molar-refractivity contribution in [2.75, 3.05) is 38.2 Å². The molecule has 1 aliphatic heterocycles. The van der Waals surface area contributed by atoms with Crippen molar-refractivity contribution in [2.24, 2.45) is 0 Å². The predicted octanol–water partition coefficient (Wildman–Crippen LogP) is 3.68. The minimum atomic E-state index is 0.141. The van der Waals surface area contributed by atoms with E-state index in [1.54, 1.807) is 19.4 Å². The molecule has 0 spiro atoms. The van der Waals surface area contributed by atoms with E-state index in [1.165, 1.54) is 0 Å². The Balaban J connectivity index is 1.55. The summed E-state index contributed by atoms with van der Waals surface area (Å²) in [5.74, 6) is 1.66. The highest BCUT2D eigenvalue weighted by Gasteiger charge is 2.22. The smallest absolute Gasteiger partial charge is 0.224 e. The molecule has 0 atom stereocenters. The van der Waals surface area contributed by atoms with Crippen LogP contribution in [0.4, 0.5) is 5.82 Å². The molecule has 144 valence electrons. The van der Waals surface area contributed by atoms with Crippen LogP contribution in [-0.4, -0.2) is 54.1 Å². The molecule has 3 rings (SSSR count). The molecule has 1 saturated heterocycles. The number of halogens is 3. The van der Waals surface area contributed by atoms with Crippen LogP contribution in [0.3, 0.4) is 0 Å². The van der Waals surface area contributed by atoms with E-state index in [0.29, 0.717) is 31.0 Å². The van der Waals surface area contributed by atoms with Crippen molar-refractivity contribution < 1.29 is 9.53 Å². The molecule has 1 fully saturated rings. The van der Waals surface area contributed by atoms with Gasteiger partial charge in [-0.3, -0.25) is 4.79 Å². The minimum absolute atomic E-state index is 0.141. The summed E-state index contributed by atoms with van der Waals surface area (Å²) in [7, 11) is 1.61. The molecule has 0 radical (unpaired) electrons. The first kappa shape index (κ1) is 20.4. The molecule has 1 amide bonds. The Labute approximate surface area is 182 Å². The van der Waals surface area contributed by atoms with E-state index in [0.717, 1.165) is 33.8 Å². The second kappa shape index (κ2) is 9.25. The Morgan fingerprint density at radius 3 is 2.67 bits per heavy atom. The van der Waals surface area contributed by atoms with Crippen molar-refractivity contribution in [3.63, 3.8) is 0 Å². The first-order chi connectivity index (χ1) is 13.0. The van der Waals surface area contributed by atoms with Crippen LogP contribution >= 0.6 is 45.8 Å². The highest BCUT2D eigenvalue weighted by atomic mass is 127. The van der Waals surface area contributed by atoms with Gasteiger partial charge in [0.05, 0.1) is 12.1 Å². The summed E-state index contributed by atoms with van der Waals surface area (Å²) in [5.41, 5.74) is 0.994. The Bertz CT molecular complexity index is 829. The number of nitrogens with zero attached hydrogens (tertiary/aromatic N) is 4. The van der Waals surface area contributed by atoms with Crippen LogP contribution in [0, 0.1) is 3.57 Å². The molecule has 0 aliphatic carbocycles. The van der Waals surface area contributed by atoms with Crippen molar-refractivity contribution >= 4 is 57.5 Å². The molecular formula is C18H19Cl2IN4O2. The third-order valence-electron chi connectivity index (χ3n) is 4.50. The fourth-order valence-corrected chi connectivity index (χ4v) is 3.87. The maximum atomic E-state index is 12.6. The van der Waals surface area contributed by atoms with Crippen LogP contribution in [0.1, 0.15) is 12.0 Å². The number of aromatic nitrogens is 2. The van der Waals surface area contributed by atoms with Gasteiger partial charge < -0.3 is 14.5 Å². The maximum Gasteiger partial charge on any atom is 0.224 e. The molecule has 0 saturated carbocycles. The summed E-state index contributed by atoms with van der Waals surface area (Å²) in [4.78, 5) is 24.7. The number of amides is 1. The van der Waals surface area contributed by atoms with Gasteiger partial charge in [0.1, 0.15) is 11.6 Å². The summed E-state index contributed by atoms with van der Waals surface area (Å²) in [6, 6.07) is 5.61. The number of hydrogen-bond donors (Lipinski definition) is 0. The number of carbonyl (C=O) groups is 1. The Morgan fingerprint density at radius 2 is 2.00 bits per heavy atom. The van der Waals surface area contributed by atoms with Crippen molar-refractivity contribution in [3.05, 3.63) is 43.8 Å². The summed E-state index contributed by atoms with van der Waals surface area (Å²) < 4.78 is 6.34. The van der Waals surface area contributed by atoms with Crippen LogP contribution in [0.5, 0.6) is 5.75 Å². The Kier molecular flexibility index (Phi) is 6.99. The van der Waals surface area contributed by atoms with Crippen LogP contribution in [-0.2, 0) is 11.2 Å². The molecule has 1 aromatic heterocycles. The third kappa shape index (κ3) is 5.14. The zero-order chi connectivity index (χ0) is 19.4. The molecule has 2 heterocycles. The van der Waals surface area contributed by atoms with E-state index in [2.05, 4.69) is 37.5 Å². The van der Waals surface area contributed by atoms with E-state index in [4.69, 9.17) is 27.9 Å². The van der Waals surface area contributed by atoms with Gasteiger partial charge in [0, 0.05) is 48.4 Å². The second-order valence-electron chi connectivity index (χ2n) is 6.13. The van der Waals surface area contributed by atoms with Gasteiger partial charge in [-0.15, -0.1) is 0 Å². The van der Waals surface area contributed by atoms with Gasteiger partial charge in [-0.05, 0) is 58.3 Å². The number of carbonyl (C=O) groups excluding carboxylic acids is 1. The topological polar surface area (TPSA) is 58.6 Å². The summed E-state index contributed by atoms with van der Waals surface area (Å²) >= 11 is 14.2. The number of aryl methyl sites for hydroxylation is 1. The SMILES string of the molecule is COc1cc(Cl)c(I)cc1CCC(=O)N1CCN(c2ccnc(Cl)n2)CC1. The minimum Gasteiger partial charge on any atom is -0.496 e. The fourth-order valence-electron chi connectivity index (χ4n) is 3.04. The molecule has 0 N–H and O–H groups in total. The van der Waals surface area contributed by atoms with Gasteiger partial charge >= 0.3 is 0 Å². The maximum absolute atomic E-state index is 12.6. The van der Waals surface area contributed by atoms with E-state index in [-0.39, 0.29) is 11.2 Å². The van der Waals surface area contributed by atoms with Gasteiger partial charge in [-0.25, -0.2) is 9.97 Å². The lowest BCUT2D eigenvalue weighted by Crippen LogP contribution is -2.49. The number of hydrogen-bond acceptors (Lipinski definition) is 5. The summed E-state index contributed by atoms with van der Waals surface area (Å²) in [5, 5.41) is 0.890. The zero-order valence-corrected chi connectivity index (χ0v) is 18.5. The lowest BCUT2D eigenvalue weighted by atomic mass is 10.1. The number of methoxy groups -OCH3 is 1. The predicted molar refractivity (Wildman–Crippen MR) is 115 cm³/mol. The third-order valence-corrected chi connectivity index (χ3v) is 6.21. The quantitative estimate of drug-likeness (QED) is 0.444. The molecule has 1 aliphatic rings. The monoisotopic (exact) mass is 520 g/mol. The highest BCUT2D eigenvalue weighted by Crippen LogP contribution is 2.29. The molecule has 2 aromatic rings. The van der Waals surface area contributed by atoms with Crippen LogP contribution in [0.2, 0.25) is 10.3 Å². The normalized spacial score (nSPS) is 14.4. The van der Waals surface area contributed by atoms with Crippen LogP contribution in [0.25, 0.3) is 0 Å². The fraction of sp³-hybridized carbons (Fsp3) is 0.389. The van der Waals surface area contributed by atoms with Crippen molar-refractivity contribution in [1.82, 2.24) is 14.9 Å². The van der Waals surface area contributed by atoms with Gasteiger partial charge in [-0.2, -0.15) is 0 Å². The van der Waals surface area contributed by atoms with Gasteiger partial charge in [0.15, 0.2) is 0 Å². The Hall–Kier alpha value is -1.32. The molecule has 0 bridgehead atoms. The number of piperazine rings is 1. The van der Waals surface area contributed by atoms with Gasteiger partial charge in [-0.1, -0.05) is 11.6 Å². The van der Waals surface area contributed by atoms with Crippen molar-refractivity contribution in [3.8, 4) is 5.75 Å². The lowest BCUT2D eigenvalue weighted by Gasteiger charge is -2.35. The van der Waals surface area contributed by atoms with E-state index < -0.39 is 0 Å². The standard InChI is InChI=1S/C18H19Cl2IN4O2/c1-27-15-11-13(19)14(21)10-12(15)2-3-17(26)25-8-6-24(7-9-25)16-4-5-22-18(20)23-16/h4-5,10-11H,2-3,6-9H2,1H3. The average Bonchev–Trinajstić information content (AvgIpc) is 2.68. The lowest BCUT2D eigenvalue weighted by molar-refractivity contribution is -0.131. The molecular weight excluding hydrogens is 502 g/mol. The molecule has 27 heavy (non-hydrogen) atoms. The Morgan fingerprint density at radius 1 is 1.26 bits per heavy atom. The zero-order valence-electron chi connectivity index (χ0n) is 14.8. The number of rotatable bonds is 5. The molecule has 9 heteroatoms. The second-order valence-corrected chi connectivity index (χ2v) is 8.04. The average molecular weight is 521 g/mol. The van der Waals surface area contributed by atoms with E-state index in [1.807, 2.05) is 17.0 Å². The molecule has 1 aromatic carbocycles. The molecule has 0 unspecified atom stereocenters. The van der Waals surface area contributed by atoms with Gasteiger partial charge in [0.25, 0.3) is 0 Å². The summed E-state index contributed by atoms with van der Waals surface area (Å²) in [6.07, 6.45) is 2.70. The van der Waals surface area contributed by atoms with Crippen LogP contribution in [0.15, 0.2) is 24.4 Å². The van der Waals surface area contributed by atoms with Crippen molar-refractivity contribution in [2.45, 2.75) is 12.8 Å². The first-order valence-corrected chi connectivity index (χ1v) is 10.3. The van der Waals surface area contributed by atoms with Crippen molar-refractivity contribution in [1.29, 1.82) is 0 Å². The van der Waals surface area contributed by atoms with Gasteiger partial charge in [0.2, 0.25) is 11.2 Å². The molecule has 6 nitrogen and oxygen atoms in total. The number of anilines is 1. The largest absolute Gasteiger partial charge is 0.496 e. The summed E-state index contributed by atoms with van der Waals surface area (Å²) in [6.45, 7) is 2.77. The number of ether oxygens (including phenoxy) is 1. The highest BCUT2D eigenvalue weighted by molar-refractivity contribution is 14.1. The first-order valence-electron chi connectivity index (χ1n) is 8.51. The van der Waals surface area contributed by atoms with E-state index in [9.17, 15) is 4.79 Å². The van der Waals surface area contributed by atoms with Crippen LogP contribution < -0.4 is 9.64 Å².